The number of nitrogens with two attached hydrogens (primary N) is 1. The Morgan fingerprint density at radius 3 is 2.73 bits per heavy atom. The van der Waals surface area contributed by atoms with Crippen molar-refractivity contribution in [3.8, 4) is 5.75 Å². The molecule has 172 valence electrons. The highest BCUT2D eigenvalue weighted by atomic mass is 16.5. The van der Waals surface area contributed by atoms with Crippen LogP contribution in [-0.2, 0) is 17.6 Å². The van der Waals surface area contributed by atoms with Gasteiger partial charge in [-0.05, 0) is 29.7 Å². The van der Waals surface area contributed by atoms with Crippen molar-refractivity contribution in [3.05, 3.63) is 77.2 Å². The molecule has 1 aliphatic rings. The molecule has 3 N–H and O–H groups in total. The van der Waals surface area contributed by atoms with Crippen molar-refractivity contribution in [2.75, 3.05) is 45.3 Å². The molecule has 1 fully saturated rings. The summed E-state index contributed by atoms with van der Waals surface area (Å²) in [5.74, 6) is 1.11. The van der Waals surface area contributed by atoms with E-state index in [1.165, 1.54) is 5.56 Å². The maximum Gasteiger partial charge on any atom is 0.250 e. The molecule has 0 bridgehead atoms. The predicted molar refractivity (Wildman–Crippen MR) is 127 cm³/mol. The van der Waals surface area contributed by atoms with Crippen LogP contribution < -0.4 is 15.8 Å². The van der Waals surface area contributed by atoms with Gasteiger partial charge in [0.15, 0.2) is 11.6 Å². The smallest absolute Gasteiger partial charge is 0.250 e. The number of aromatic nitrogens is 2. The summed E-state index contributed by atoms with van der Waals surface area (Å²) in [4.78, 5) is 23.3. The number of hydrogen-bond donors (Lipinski definition) is 2. The Morgan fingerprint density at radius 1 is 1.15 bits per heavy atom. The summed E-state index contributed by atoms with van der Waals surface area (Å²) in [7, 11) is 1.56. The molecular weight excluding hydrogens is 418 g/mol. The van der Waals surface area contributed by atoms with E-state index < -0.39 is 5.91 Å². The summed E-state index contributed by atoms with van der Waals surface area (Å²) in [5.41, 5.74) is 8.89. The molecule has 0 aliphatic carbocycles. The van der Waals surface area contributed by atoms with Crippen LogP contribution in [-0.4, -0.2) is 60.7 Å². The fourth-order valence-corrected chi connectivity index (χ4v) is 3.86. The third kappa shape index (κ3) is 6.06. The van der Waals surface area contributed by atoms with Crippen LogP contribution in [0.3, 0.4) is 0 Å². The summed E-state index contributed by atoms with van der Waals surface area (Å²) >= 11 is 0. The van der Waals surface area contributed by atoms with E-state index >= 15 is 0 Å². The highest BCUT2D eigenvalue weighted by Gasteiger charge is 2.14. The summed E-state index contributed by atoms with van der Waals surface area (Å²) in [6.45, 7) is 4.64. The lowest BCUT2D eigenvalue weighted by molar-refractivity contribution is 0.0384. The molecule has 0 spiro atoms. The topological polar surface area (TPSA) is 103 Å². The van der Waals surface area contributed by atoms with E-state index in [9.17, 15) is 4.79 Å². The third-order valence-electron chi connectivity index (χ3n) is 5.64. The number of carbonyl (C=O) groups excluding carboxylic acids is 1. The van der Waals surface area contributed by atoms with E-state index in [0.29, 0.717) is 35.1 Å². The van der Waals surface area contributed by atoms with Crippen LogP contribution in [0.15, 0.2) is 54.7 Å². The molecule has 2 aromatic carbocycles. The first-order valence-corrected chi connectivity index (χ1v) is 11.1. The van der Waals surface area contributed by atoms with E-state index in [1.54, 1.807) is 31.5 Å². The summed E-state index contributed by atoms with van der Waals surface area (Å²) < 4.78 is 10.8. The number of primary amides is 1. The van der Waals surface area contributed by atoms with E-state index in [0.717, 1.165) is 44.8 Å². The number of methoxy groups -OCH3 is 1. The van der Waals surface area contributed by atoms with Gasteiger partial charge < -0.3 is 20.5 Å². The average molecular weight is 448 g/mol. The average Bonchev–Trinajstić information content (AvgIpc) is 2.84. The minimum Gasteiger partial charge on any atom is -0.491 e. The lowest BCUT2D eigenvalue weighted by atomic mass is 10.1. The van der Waals surface area contributed by atoms with Gasteiger partial charge in [-0.3, -0.25) is 9.69 Å². The largest absolute Gasteiger partial charge is 0.491 e. The zero-order chi connectivity index (χ0) is 23.0. The molecule has 0 radical (unpaired) electrons. The van der Waals surface area contributed by atoms with E-state index in [1.807, 2.05) is 6.07 Å². The van der Waals surface area contributed by atoms with Crippen LogP contribution in [0.5, 0.6) is 5.75 Å². The van der Waals surface area contributed by atoms with Crippen molar-refractivity contribution in [2.45, 2.75) is 12.8 Å². The number of benzene rings is 2. The maximum atomic E-state index is 11.8. The van der Waals surface area contributed by atoms with Gasteiger partial charge in [-0.1, -0.05) is 36.4 Å². The molecule has 0 saturated carbocycles. The van der Waals surface area contributed by atoms with Crippen molar-refractivity contribution in [3.63, 3.8) is 0 Å². The van der Waals surface area contributed by atoms with Gasteiger partial charge in [-0.2, -0.15) is 0 Å². The molecule has 8 heteroatoms. The SMILES string of the molecule is COc1cnc(Cc2cccc(CCN3CCOCC3)c2)nc1Nc1ccccc1C(N)=O. The Morgan fingerprint density at radius 2 is 1.94 bits per heavy atom. The number of rotatable bonds is 9. The van der Waals surface area contributed by atoms with Crippen LogP contribution in [0, 0.1) is 0 Å². The van der Waals surface area contributed by atoms with Crippen molar-refractivity contribution in [1.29, 1.82) is 0 Å². The van der Waals surface area contributed by atoms with Crippen molar-refractivity contribution >= 4 is 17.4 Å². The first kappa shape index (κ1) is 22.7. The van der Waals surface area contributed by atoms with Crippen LogP contribution in [0.2, 0.25) is 0 Å². The molecule has 3 aromatic rings. The van der Waals surface area contributed by atoms with Gasteiger partial charge in [0.25, 0.3) is 5.91 Å². The van der Waals surface area contributed by atoms with Crippen molar-refractivity contribution < 1.29 is 14.3 Å². The Balaban J connectivity index is 1.48. The second-order valence-corrected chi connectivity index (χ2v) is 7.94. The lowest BCUT2D eigenvalue weighted by Crippen LogP contribution is -2.37. The summed E-state index contributed by atoms with van der Waals surface area (Å²) in [6, 6.07) is 15.6. The molecule has 1 aliphatic heterocycles. The second kappa shape index (κ2) is 10.9. The van der Waals surface area contributed by atoms with Crippen LogP contribution in [0.1, 0.15) is 27.3 Å². The zero-order valence-corrected chi connectivity index (χ0v) is 18.8. The van der Waals surface area contributed by atoms with Gasteiger partial charge in [-0.15, -0.1) is 0 Å². The molecule has 1 saturated heterocycles. The van der Waals surface area contributed by atoms with E-state index in [4.69, 9.17) is 15.2 Å². The van der Waals surface area contributed by atoms with E-state index in [-0.39, 0.29) is 0 Å². The molecule has 4 rings (SSSR count). The molecule has 1 amide bonds. The fraction of sp³-hybridized carbons (Fsp3) is 0.320. The normalized spacial score (nSPS) is 14.1. The number of morpholine rings is 1. The monoisotopic (exact) mass is 447 g/mol. The molecule has 0 atom stereocenters. The summed E-state index contributed by atoms with van der Waals surface area (Å²) in [5, 5.41) is 3.17. The Labute approximate surface area is 193 Å². The number of ether oxygens (including phenoxy) is 2. The number of hydrogen-bond acceptors (Lipinski definition) is 7. The first-order valence-electron chi connectivity index (χ1n) is 11.1. The van der Waals surface area contributed by atoms with Gasteiger partial charge in [-0.25, -0.2) is 9.97 Å². The number of carbonyl (C=O) groups is 1. The molecule has 33 heavy (non-hydrogen) atoms. The zero-order valence-electron chi connectivity index (χ0n) is 18.8. The minimum absolute atomic E-state index is 0.382. The van der Waals surface area contributed by atoms with Crippen LogP contribution >= 0.6 is 0 Å². The van der Waals surface area contributed by atoms with Crippen LogP contribution in [0.25, 0.3) is 0 Å². The molecular formula is C25H29N5O3. The van der Waals surface area contributed by atoms with E-state index in [2.05, 4.69) is 44.5 Å². The van der Waals surface area contributed by atoms with Crippen molar-refractivity contribution in [2.24, 2.45) is 5.73 Å². The first-order chi connectivity index (χ1) is 16.1. The molecule has 8 nitrogen and oxygen atoms in total. The third-order valence-corrected chi connectivity index (χ3v) is 5.64. The van der Waals surface area contributed by atoms with Gasteiger partial charge in [0, 0.05) is 26.1 Å². The van der Waals surface area contributed by atoms with Crippen molar-refractivity contribution in [1.82, 2.24) is 14.9 Å². The second-order valence-electron chi connectivity index (χ2n) is 7.94. The maximum absolute atomic E-state index is 11.8. The van der Waals surface area contributed by atoms with Gasteiger partial charge in [0.2, 0.25) is 0 Å². The summed E-state index contributed by atoms with van der Waals surface area (Å²) in [6.07, 6.45) is 3.22. The number of anilines is 2. The molecule has 1 aromatic heterocycles. The Kier molecular flexibility index (Phi) is 7.49. The van der Waals surface area contributed by atoms with Gasteiger partial charge in [0.05, 0.1) is 37.8 Å². The number of nitrogens with zero attached hydrogens (tertiary/aromatic N) is 3. The quantitative estimate of drug-likeness (QED) is 0.520. The molecule has 0 unspecified atom stereocenters. The number of amides is 1. The molecule has 2 heterocycles. The predicted octanol–water partition coefficient (Wildman–Crippen LogP) is 2.79. The van der Waals surface area contributed by atoms with Gasteiger partial charge in [0.1, 0.15) is 5.82 Å². The Bertz CT molecular complexity index is 1100. The fourth-order valence-electron chi connectivity index (χ4n) is 3.86. The lowest BCUT2D eigenvalue weighted by Gasteiger charge is -2.26. The Hall–Kier alpha value is -3.49. The minimum atomic E-state index is -0.514. The van der Waals surface area contributed by atoms with Gasteiger partial charge >= 0.3 is 0 Å². The highest BCUT2D eigenvalue weighted by Crippen LogP contribution is 2.27. The number of para-hydroxylation sites is 1. The highest BCUT2D eigenvalue weighted by molar-refractivity contribution is 5.99. The standard InChI is InChI=1S/C25H29N5O3/c1-32-22-17-27-23(29-25(22)28-21-8-3-2-7-20(21)24(26)31)16-19-6-4-5-18(15-19)9-10-30-11-13-33-14-12-30/h2-8,15,17H,9-14,16H2,1H3,(H2,26,31)(H,27,28,29). The van der Waals surface area contributed by atoms with Crippen LogP contribution in [0.4, 0.5) is 11.5 Å². The number of nitrogens with one attached hydrogen (secondary N) is 1.